The Morgan fingerprint density at radius 3 is 3.05 bits per heavy atom. The molecule has 1 atom stereocenters. The summed E-state index contributed by atoms with van der Waals surface area (Å²) in [7, 11) is 0. The first kappa shape index (κ1) is 12.3. The number of furan rings is 1. The number of aryl methyl sites for hydroxylation is 1. The summed E-state index contributed by atoms with van der Waals surface area (Å²) >= 11 is 1.14. The molecule has 0 aliphatic heterocycles. The summed E-state index contributed by atoms with van der Waals surface area (Å²) in [6.45, 7) is 1.95. The highest BCUT2D eigenvalue weighted by Gasteiger charge is 2.21. The van der Waals surface area contributed by atoms with E-state index >= 15 is 0 Å². The second-order valence-electron chi connectivity index (χ2n) is 4.17. The van der Waals surface area contributed by atoms with Gasteiger partial charge in [0.05, 0.1) is 10.6 Å². The second kappa shape index (κ2) is 4.71. The Kier molecular flexibility index (Phi) is 3.04. The smallest absolute Gasteiger partial charge is 0.149 e. The van der Waals surface area contributed by atoms with Gasteiger partial charge in [0.15, 0.2) is 0 Å². The standard InChI is InChI=1S/C13H11FN2O2S/c1-2-9-13(19-16-15-9)12(17)11-6-7-5-8(14)3-4-10(7)18-11/h3-6,12,17H,2H2,1H3. The van der Waals surface area contributed by atoms with Gasteiger partial charge in [0.1, 0.15) is 23.3 Å². The third-order valence-electron chi connectivity index (χ3n) is 2.94. The average Bonchev–Trinajstić information content (AvgIpc) is 3.03. The molecule has 0 bridgehead atoms. The SMILES string of the molecule is CCc1nnsc1C(O)c1cc2cc(F)ccc2o1. The van der Waals surface area contributed by atoms with Crippen LogP contribution < -0.4 is 0 Å². The summed E-state index contributed by atoms with van der Waals surface area (Å²) in [6, 6.07) is 5.89. The first-order valence-electron chi connectivity index (χ1n) is 5.87. The minimum absolute atomic E-state index is 0.331. The van der Waals surface area contributed by atoms with Crippen molar-refractivity contribution in [3.63, 3.8) is 0 Å². The summed E-state index contributed by atoms with van der Waals surface area (Å²) in [6.07, 6.45) is -0.219. The van der Waals surface area contributed by atoms with E-state index < -0.39 is 6.10 Å². The first-order chi connectivity index (χ1) is 9.19. The Hall–Kier alpha value is -1.79. The number of fused-ring (bicyclic) bond motifs is 1. The highest BCUT2D eigenvalue weighted by molar-refractivity contribution is 7.05. The van der Waals surface area contributed by atoms with Crippen LogP contribution in [-0.2, 0) is 6.42 Å². The maximum Gasteiger partial charge on any atom is 0.149 e. The van der Waals surface area contributed by atoms with Crippen molar-refractivity contribution in [1.29, 1.82) is 0 Å². The zero-order chi connectivity index (χ0) is 13.4. The van der Waals surface area contributed by atoms with Gasteiger partial charge in [0.2, 0.25) is 0 Å². The van der Waals surface area contributed by atoms with Crippen LogP contribution in [0.1, 0.15) is 29.4 Å². The van der Waals surface area contributed by atoms with Gasteiger partial charge in [-0.3, -0.25) is 0 Å². The molecule has 3 rings (SSSR count). The molecule has 0 spiro atoms. The third-order valence-corrected chi connectivity index (χ3v) is 3.75. The minimum atomic E-state index is -0.912. The second-order valence-corrected chi connectivity index (χ2v) is 4.96. The Bertz CT molecular complexity index is 722. The molecule has 6 heteroatoms. The molecule has 0 fully saturated rings. The molecule has 1 aromatic carbocycles. The van der Waals surface area contributed by atoms with E-state index in [0.29, 0.717) is 28.0 Å². The number of nitrogens with zero attached hydrogens (tertiary/aromatic N) is 2. The monoisotopic (exact) mass is 278 g/mol. The van der Waals surface area contributed by atoms with Crippen LogP contribution in [0.4, 0.5) is 4.39 Å². The molecule has 98 valence electrons. The van der Waals surface area contributed by atoms with Crippen LogP contribution in [0.3, 0.4) is 0 Å². The first-order valence-corrected chi connectivity index (χ1v) is 6.64. The van der Waals surface area contributed by atoms with Gasteiger partial charge in [0, 0.05) is 5.39 Å². The molecule has 1 unspecified atom stereocenters. The Balaban J connectivity index is 2.04. The summed E-state index contributed by atoms with van der Waals surface area (Å²) < 4.78 is 22.5. The van der Waals surface area contributed by atoms with Crippen molar-refractivity contribution in [3.8, 4) is 0 Å². The molecule has 1 N–H and O–H groups in total. The maximum absolute atomic E-state index is 13.1. The van der Waals surface area contributed by atoms with E-state index in [2.05, 4.69) is 9.59 Å². The predicted molar refractivity (Wildman–Crippen MR) is 69.5 cm³/mol. The van der Waals surface area contributed by atoms with E-state index in [1.54, 1.807) is 12.1 Å². The summed E-state index contributed by atoms with van der Waals surface area (Å²) in [4.78, 5) is 0.669. The Labute approximate surface area is 112 Å². The number of rotatable bonds is 3. The lowest BCUT2D eigenvalue weighted by molar-refractivity contribution is 0.194. The quantitative estimate of drug-likeness (QED) is 0.800. The predicted octanol–water partition coefficient (Wildman–Crippen LogP) is 3.07. The van der Waals surface area contributed by atoms with Crippen molar-refractivity contribution in [1.82, 2.24) is 9.59 Å². The number of halogens is 1. The van der Waals surface area contributed by atoms with Crippen LogP contribution in [0.5, 0.6) is 0 Å². The fourth-order valence-corrected chi connectivity index (χ4v) is 2.70. The van der Waals surface area contributed by atoms with Crippen LogP contribution in [-0.4, -0.2) is 14.7 Å². The molecule has 0 aliphatic carbocycles. The number of aliphatic hydroxyl groups excluding tert-OH is 1. The van der Waals surface area contributed by atoms with Gasteiger partial charge in [-0.05, 0) is 42.2 Å². The zero-order valence-electron chi connectivity index (χ0n) is 10.1. The van der Waals surface area contributed by atoms with Gasteiger partial charge in [-0.1, -0.05) is 11.4 Å². The molecule has 2 aromatic heterocycles. The molecule has 3 aromatic rings. The van der Waals surface area contributed by atoms with Crippen molar-refractivity contribution in [2.24, 2.45) is 0 Å². The van der Waals surface area contributed by atoms with Crippen LogP contribution in [0.25, 0.3) is 11.0 Å². The van der Waals surface area contributed by atoms with E-state index in [-0.39, 0.29) is 5.82 Å². The molecule has 0 aliphatic rings. The minimum Gasteiger partial charge on any atom is -0.458 e. The summed E-state index contributed by atoms with van der Waals surface area (Å²) in [5.41, 5.74) is 1.30. The van der Waals surface area contributed by atoms with Gasteiger partial charge >= 0.3 is 0 Å². The molecule has 0 amide bonds. The van der Waals surface area contributed by atoms with Crippen LogP contribution in [0.15, 0.2) is 28.7 Å². The van der Waals surface area contributed by atoms with Gasteiger partial charge in [-0.2, -0.15) is 0 Å². The highest BCUT2D eigenvalue weighted by Crippen LogP contribution is 2.31. The lowest BCUT2D eigenvalue weighted by Crippen LogP contribution is -1.99. The summed E-state index contributed by atoms with van der Waals surface area (Å²) in [5, 5.41) is 14.9. The van der Waals surface area contributed by atoms with Crippen molar-refractivity contribution in [2.75, 3.05) is 0 Å². The Morgan fingerprint density at radius 1 is 1.42 bits per heavy atom. The van der Waals surface area contributed by atoms with Crippen molar-refractivity contribution < 1.29 is 13.9 Å². The van der Waals surface area contributed by atoms with E-state index in [4.69, 9.17) is 4.42 Å². The zero-order valence-corrected chi connectivity index (χ0v) is 10.9. The lowest BCUT2D eigenvalue weighted by Gasteiger charge is -2.05. The van der Waals surface area contributed by atoms with Crippen LogP contribution >= 0.6 is 11.5 Å². The maximum atomic E-state index is 13.1. The number of hydrogen-bond acceptors (Lipinski definition) is 5. The molecule has 0 radical (unpaired) electrons. The third kappa shape index (κ3) is 2.13. The van der Waals surface area contributed by atoms with Gasteiger partial charge in [-0.25, -0.2) is 4.39 Å². The Morgan fingerprint density at radius 2 is 2.26 bits per heavy atom. The molecule has 0 saturated carbocycles. The van der Waals surface area contributed by atoms with Gasteiger partial charge in [-0.15, -0.1) is 5.10 Å². The van der Waals surface area contributed by atoms with Crippen LogP contribution in [0.2, 0.25) is 0 Å². The summed E-state index contributed by atoms with van der Waals surface area (Å²) in [5.74, 6) is 0.0457. The number of aromatic nitrogens is 2. The van der Waals surface area contributed by atoms with Gasteiger partial charge < -0.3 is 9.52 Å². The molecule has 4 nitrogen and oxygen atoms in total. The molecule has 19 heavy (non-hydrogen) atoms. The van der Waals surface area contributed by atoms with E-state index in [9.17, 15) is 9.50 Å². The lowest BCUT2D eigenvalue weighted by atomic mass is 10.1. The van der Waals surface area contributed by atoms with E-state index in [0.717, 1.165) is 17.2 Å². The van der Waals surface area contributed by atoms with Gasteiger partial charge in [0.25, 0.3) is 0 Å². The average molecular weight is 278 g/mol. The molecular formula is C13H11FN2O2S. The number of benzene rings is 1. The van der Waals surface area contributed by atoms with E-state index in [1.807, 2.05) is 6.92 Å². The van der Waals surface area contributed by atoms with E-state index in [1.165, 1.54) is 12.1 Å². The van der Waals surface area contributed by atoms with Crippen molar-refractivity contribution in [3.05, 3.63) is 46.4 Å². The fourth-order valence-electron chi connectivity index (χ4n) is 1.97. The van der Waals surface area contributed by atoms with Crippen molar-refractivity contribution >= 4 is 22.5 Å². The highest BCUT2D eigenvalue weighted by atomic mass is 32.1. The molecular weight excluding hydrogens is 267 g/mol. The van der Waals surface area contributed by atoms with Crippen LogP contribution in [0, 0.1) is 5.82 Å². The van der Waals surface area contributed by atoms with Crippen molar-refractivity contribution in [2.45, 2.75) is 19.4 Å². The molecule has 0 saturated heterocycles. The fraction of sp³-hybridized carbons (Fsp3) is 0.231. The molecule has 2 heterocycles. The number of hydrogen-bond donors (Lipinski definition) is 1. The largest absolute Gasteiger partial charge is 0.458 e. The number of aliphatic hydroxyl groups is 1. The normalized spacial score (nSPS) is 13.0. The topological polar surface area (TPSA) is 59.2 Å².